The van der Waals surface area contributed by atoms with Crippen LogP contribution in [0.2, 0.25) is 5.02 Å². The fraction of sp³-hybridized carbons (Fsp3) is 0.286. The molecular formula is C21H20ClN3O2. The summed E-state index contributed by atoms with van der Waals surface area (Å²) in [7, 11) is 0. The zero-order chi connectivity index (χ0) is 19.1. The van der Waals surface area contributed by atoms with Crippen molar-refractivity contribution in [1.29, 1.82) is 0 Å². The first kappa shape index (κ1) is 17.7. The lowest BCUT2D eigenvalue weighted by atomic mass is 10.1. The maximum atomic E-state index is 12.6. The number of hydrogen-bond acceptors (Lipinski definition) is 4. The van der Waals surface area contributed by atoms with Gasteiger partial charge in [-0.3, -0.25) is 4.79 Å². The summed E-state index contributed by atoms with van der Waals surface area (Å²) in [6, 6.07) is 11.6. The predicted octanol–water partition coefficient (Wildman–Crippen LogP) is 4.84. The van der Waals surface area contributed by atoms with E-state index in [9.17, 15) is 4.79 Å². The quantitative estimate of drug-likeness (QED) is 0.651. The highest BCUT2D eigenvalue weighted by molar-refractivity contribution is 6.31. The van der Waals surface area contributed by atoms with E-state index in [1.165, 1.54) is 11.1 Å². The van der Waals surface area contributed by atoms with Crippen LogP contribution in [0.3, 0.4) is 0 Å². The van der Waals surface area contributed by atoms with Gasteiger partial charge in [-0.25, -0.2) is 0 Å². The minimum absolute atomic E-state index is 0.0443. The molecule has 1 aliphatic heterocycles. The van der Waals surface area contributed by atoms with Gasteiger partial charge >= 0.3 is 0 Å². The molecule has 3 aromatic rings. The number of amides is 1. The van der Waals surface area contributed by atoms with Crippen molar-refractivity contribution in [1.82, 2.24) is 10.1 Å². The number of rotatable bonds is 3. The number of carbonyl (C=O) groups excluding carboxylic acids is 1. The van der Waals surface area contributed by atoms with Gasteiger partial charge in [0.2, 0.25) is 5.91 Å². The smallest absolute Gasteiger partial charge is 0.257 e. The molecule has 4 rings (SSSR count). The van der Waals surface area contributed by atoms with E-state index in [-0.39, 0.29) is 11.8 Å². The largest absolute Gasteiger partial charge is 0.334 e. The second-order valence-electron chi connectivity index (χ2n) is 7.09. The molecule has 2 heterocycles. The number of hydrogen-bond donors (Lipinski definition) is 0. The summed E-state index contributed by atoms with van der Waals surface area (Å²) in [6.45, 7) is 6.61. The van der Waals surface area contributed by atoms with Crippen molar-refractivity contribution in [3.05, 3.63) is 63.9 Å². The van der Waals surface area contributed by atoms with E-state index >= 15 is 0 Å². The lowest BCUT2D eigenvalue weighted by molar-refractivity contribution is -0.117. The van der Waals surface area contributed by atoms with Crippen molar-refractivity contribution < 1.29 is 9.32 Å². The Labute approximate surface area is 163 Å². The van der Waals surface area contributed by atoms with Crippen molar-refractivity contribution in [2.75, 3.05) is 11.4 Å². The van der Waals surface area contributed by atoms with Crippen LogP contribution in [-0.4, -0.2) is 22.6 Å². The number of halogens is 1. The van der Waals surface area contributed by atoms with Crippen LogP contribution in [0.15, 0.2) is 40.9 Å². The van der Waals surface area contributed by atoms with Gasteiger partial charge in [0.05, 0.1) is 0 Å². The lowest BCUT2D eigenvalue weighted by Gasteiger charge is -2.19. The molecule has 27 heavy (non-hydrogen) atoms. The number of anilines is 1. The average molecular weight is 382 g/mol. The molecule has 1 atom stereocenters. The summed E-state index contributed by atoms with van der Waals surface area (Å²) in [5, 5.41) is 4.75. The molecule has 1 aromatic heterocycles. The molecule has 138 valence electrons. The van der Waals surface area contributed by atoms with Crippen LogP contribution < -0.4 is 4.90 Å². The zero-order valence-electron chi connectivity index (χ0n) is 15.5. The summed E-state index contributed by atoms with van der Waals surface area (Å²) in [4.78, 5) is 18.9. The van der Waals surface area contributed by atoms with Crippen molar-refractivity contribution in [3.63, 3.8) is 0 Å². The Morgan fingerprint density at radius 2 is 1.85 bits per heavy atom. The van der Waals surface area contributed by atoms with E-state index in [1.54, 1.807) is 4.90 Å². The van der Waals surface area contributed by atoms with Gasteiger partial charge in [-0.2, -0.15) is 4.98 Å². The molecule has 0 radical (unpaired) electrons. The molecule has 2 aromatic carbocycles. The van der Waals surface area contributed by atoms with E-state index in [0.29, 0.717) is 29.7 Å². The molecule has 0 bridgehead atoms. The van der Waals surface area contributed by atoms with Crippen LogP contribution >= 0.6 is 11.6 Å². The topological polar surface area (TPSA) is 59.2 Å². The zero-order valence-corrected chi connectivity index (χ0v) is 16.2. The highest BCUT2D eigenvalue weighted by Gasteiger charge is 2.35. The van der Waals surface area contributed by atoms with Crippen LogP contribution in [-0.2, 0) is 4.79 Å². The summed E-state index contributed by atoms with van der Waals surface area (Å²) in [5.41, 5.74) is 5.13. The van der Waals surface area contributed by atoms with Crippen LogP contribution in [0.5, 0.6) is 0 Å². The second-order valence-corrected chi connectivity index (χ2v) is 7.53. The summed E-state index contributed by atoms with van der Waals surface area (Å²) in [6.07, 6.45) is 0.359. The molecule has 1 amide bonds. The average Bonchev–Trinajstić information content (AvgIpc) is 3.26. The number of nitrogens with zero attached hydrogens (tertiary/aromatic N) is 3. The van der Waals surface area contributed by atoms with Gasteiger partial charge < -0.3 is 9.42 Å². The lowest BCUT2D eigenvalue weighted by Crippen LogP contribution is -2.25. The first-order chi connectivity index (χ1) is 12.9. The molecule has 6 heteroatoms. The molecule has 1 unspecified atom stereocenters. The van der Waals surface area contributed by atoms with Crippen LogP contribution in [0, 0.1) is 20.8 Å². The van der Waals surface area contributed by atoms with Gasteiger partial charge in [0.25, 0.3) is 5.89 Å². The Bertz CT molecular complexity index is 1030. The second kappa shape index (κ2) is 6.82. The Morgan fingerprint density at radius 1 is 1.07 bits per heavy atom. The summed E-state index contributed by atoms with van der Waals surface area (Å²) in [5.74, 6) is 1.000. The third-order valence-corrected chi connectivity index (χ3v) is 5.38. The Kier molecular flexibility index (Phi) is 4.48. The minimum Gasteiger partial charge on any atom is -0.334 e. The normalized spacial score (nSPS) is 17.0. The molecule has 0 spiro atoms. The standard InChI is InChI=1S/C21H20ClN3O2/c1-12-4-6-15(8-14(12)3)21-23-20(24-27-21)16-9-19(26)25(11-16)18-10-17(22)7-5-13(18)2/h4-8,10,16H,9,11H2,1-3H3. The van der Waals surface area contributed by atoms with Crippen molar-refractivity contribution in [2.45, 2.75) is 33.1 Å². The number of aromatic nitrogens is 2. The fourth-order valence-electron chi connectivity index (χ4n) is 3.38. The summed E-state index contributed by atoms with van der Waals surface area (Å²) < 4.78 is 5.46. The van der Waals surface area contributed by atoms with Gasteiger partial charge in [0.1, 0.15) is 0 Å². The van der Waals surface area contributed by atoms with Gasteiger partial charge in [-0.05, 0) is 61.7 Å². The Hall–Kier alpha value is -2.66. The van der Waals surface area contributed by atoms with Crippen molar-refractivity contribution in [2.24, 2.45) is 0 Å². The first-order valence-electron chi connectivity index (χ1n) is 8.90. The molecule has 0 N–H and O–H groups in total. The fourth-order valence-corrected chi connectivity index (χ4v) is 3.55. The van der Waals surface area contributed by atoms with Gasteiger partial charge in [0, 0.05) is 35.2 Å². The van der Waals surface area contributed by atoms with Gasteiger partial charge in [-0.15, -0.1) is 0 Å². The van der Waals surface area contributed by atoms with Crippen LogP contribution in [0.4, 0.5) is 5.69 Å². The predicted molar refractivity (Wildman–Crippen MR) is 105 cm³/mol. The van der Waals surface area contributed by atoms with E-state index in [4.69, 9.17) is 16.1 Å². The Morgan fingerprint density at radius 3 is 2.63 bits per heavy atom. The highest BCUT2D eigenvalue weighted by atomic mass is 35.5. The van der Waals surface area contributed by atoms with Crippen LogP contribution in [0.1, 0.15) is 34.9 Å². The summed E-state index contributed by atoms with van der Waals surface area (Å²) >= 11 is 6.11. The van der Waals surface area contributed by atoms with Crippen molar-refractivity contribution >= 4 is 23.2 Å². The van der Waals surface area contributed by atoms with Gasteiger partial charge in [-0.1, -0.05) is 28.9 Å². The van der Waals surface area contributed by atoms with E-state index < -0.39 is 0 Å². The molecule has 0 aliphatic carbocycles. The van der Waals surface area contributed by atoms with E-state index in [0.717, 1.165) is 16.8 Å². The van der Waals surface area contributed by atoms with E-state index in [1.807, 2.05) is 43.3 Å². The van der Waals surface area contributed by atoms with Crippen molar-refractivity contribution in [3.8, 4) is 11.5 Å². The monoisotopic (exact) mass is 381 g/mol. The number of carbonyl (C=O) groups is 1. The molecular weight excluding hydrogens is 362 g/mol. The first-order valence-corrected chi connectivity index (χ1v) is 9.28. The molecule has 0 saturated carbocycles. The maximum Gasteiger partial charge on any atom is 0.257 e. The Balaban J connectivity index is 1.58. The SMILES string of the molecule is Cc1ccc(-c2nc(C3CC(=O)N(c4cc(Cl)ccc4C)C3)no2)cc1C. The molecule has 1 fully saturated rings. The number of aryl methyl sites for hydroxylation is 3. The molecule has 1 saturated heterocycles. The van der Waals surface area contributed by atoms with E-state index in [2.05, 4.69) is 24.0 Å². The minimum atomic E-state index is -0.0973. The molecule has 1 aliphatic rings. The third kappa shape index (κ3) is 3.35. The third-order valence-electron chi connectivity index (χ3n) is 5.15. The van der Waals surface area contributed by atoms with Gasteiger partial charge in [0.15, 0.2) is 5.82 Å². The van der Waals surface area contributed by atoms with Crippen LogP contribution in [0.25, 0.3) is 11.5 Å². The highest BCUT2D eigenvalue weighted by Crippen LogP contribution is 2.34. The molecule has 5 nitrogen and oxygen atoms in total. The number of benzene rings is 2. The maximum absolute atomic E-state index is 12.6.